The highest BCUT2D eigenvalue weighted by Crippen LogP contribution is 2.25. The highest BCUT2D eigenvalue weighted by atomic mass is 16.5. The van der Waals surface area contributed by atoms with Gasteiger partial charge in [0.05, 0.1) is 12.2 Å². The zero-order valence-corrected chi connectivity index (χ0v) is 8.61. The minimum absolute atomic E-state index is 0.321. The van der Waals surface area contributed by atoms with E-state index in [1.54, 1.807) is 0 Å². The summed E-state index contributed by atoms with van der Waals surface area (Å²) in [6, 6.07) is 2.11. The van der Waals surface area contributed by atoms with Gasteiger partial charge in [0.15, 0.2) is 0 Å². The normalized spacial score (nSPS) is 27.1. The van der Waals surface area contributed by atoms with Crippen LogP contribution in [-0.2, 0) is 4.74 Å². The van der Waals surface area contributed by atoms with Gasteiger partial charge in [-0.25, -0.2) is 0 Å². The lowest BCUT2D eigenvalue weighted by Crippen LogP contribution is -2.23. The van der Waals surface area contributed by atoms with Gasteiger partial charge in [-0.1, -0.05) is 0 Å². The van der Waals surface area contributed by atoms with Gasteiger partial charge in [0.1, 0.15) is 0 Å². The summed E-state index contributed by atoms with van der Waals surface area (Å²) < 4.78 is 5.65. The van der Waals surface area contributed by atoms with E-state index in [0.717, 1.165) is 32.1 Å². The van der Waals surface area contributed by atoms with Gasteiger partial charge >= 0.3 is 0 Å². The maximum absolute atomic E-state index is 8.95. The molecule has 0 amide bonds. The van der Waals surface area contributed by atoms with Crippen LogP contribution in [0.2, 0.25) is 0 Å². The number of hydrogen-bond donors (Lipinski definition) is 1. The standard InChI is InChI=1S/C11H19NO2/c12-7-1-2-8-14-11-5-3-10(9-13)4-6-11/h10-11,13H,1-6,8-9H2. The Bertz CT molecular complexity index is 180. The molecular formula is C11H19NO2. The van der Waals surface area contributed by atoms with E-state index in [0.29, 0.717) is 31.7 Å². The molecule has 3 heteroatoms. The molecule has 0 aliphatic heterocycles. The van der Waals surface area contributed by atoms with Crippen LogP contribution in [0.1, 0.15) is 38.5 Å². The molecule has 0 bridgehead atoms. The molecular weight excluding hydrogens is 178 g/mol. The van der Waals surface area contributed by atoms with Crippen molar-refractivity contribution in [2.75, 3.05) is 13.2 Å². The predicted molar refractivity (Wildman–Crippen MR) is 53.6 cm³/mol. The summed E-state index contributed by atoms with van der Waals surface area (Å²) in [7, 11) is 0. The van der Waals surface area contributed by atoms with Crippen LogP contribution in [0.25, 0.3) is 0 Å². The molecule has 1 fully saturated rings. The molecule has 0 heterocycles. The van der Waals surface area contributed by atoms with E-state index in [-0.39, 0.29) is 0 Å². The zero-order chi connectivity index (χ0) is 10.2. The highest BCUT2D eigenvalue weighted by molar-refractivity contribution is 4.73. The fraction of sp³-hybridized carbons (Fsp3) is 0.909. The fourth-order valence-electron chi connectivity index (χ4n) is 1.88. The van der Waals surface area contributed by atoms with E-state index in [1.807, 2.05) is 0 Å². The van der Waals surface area contributed by atoms with Crippen molar-refractivity contribution in [3.63, 3.8) is 0 Å². The van der Waals surface area contributed by atoms with Crippen LogP contribution in [0.3, 0.4) is 0 Å². The first kappa shape index (κ1) is 11.5. The largest absolute Gasteiger partial charge is 0.396 e. The van der Waals surface area contributed by atoms with Gasteiger partial charge in [0, 0.05) is 19.6 Å². The van der Waals surface area contributed by atoms with E-state index >= 15 is 0 Å². The van der Waals surface area contributed by atoms with Crippen LogP contribution in [0.4, 0.5) is 0 Å². The number of ether oxygens (including phenoxy) is 1. The molecule has 0 saturated heterocycles. The molecule has 0 spiro atoms. The van der Waals surface area contributed by atoms with Gasteiger partial charge in [-0.3, -0.25) is 0 Å². The minimum Gasteiger partial charge on any atom is -0.396 e. The zero-order valence-electron chi connectivity index (χ0n) is 8.61. The Morgan fingerprint density at radius 3 is 2.57 bits per heavy atom. The first-order chi connectivity index (χ1) is 6.86. The van der Waals surface area contributed by atoms with Gasteiger partial charge < -0.3 is 9.84 Å². The fourth-order valence-corrected chi connectivity index (χ4v) is 1.88. The second-order valence-electron chi connectivity index (χ2n) is 3.96. The number of nitrogens with zero attached hydrogens (tertiary/aromatic N) is 1. The monoisotopic (exact) mass is 197 g/mol. The average Bonchev–Trinajstić information content (AvgIpc) is 2.25. The molecule has 80 valence electrons. The molecule has 0 radical (unpaired) electrons. The summed E-state index contributed by atoms with van der Waals surface area (Å²) >= 11 is 0. The third-order valence-electron chi connectivity index (χ3n) is 2.84. The van der Waals surface area contributed by atoms with Crippen molar-refractivity contribution in [3.8, 4) is 6.07 Å². The molecule has 0 atom stereocenters. The number of rotatable bonds is 5. The molecule has 0 aromatic rings. The Balaban J connectivity index is 2.02. The van der Waals surface area contributed by atoms with E-state index < -0.39 is 0 Å². The van der Waals surface area contributed by atoms with Gasteiger partial charge in [-0.15, -0.1) is 0 Å². The Kier molecular flexibility index (Phi) is 5.58. The number of nitriles is 1. The predicted octanol–water partition coefficient (Wildman–Crippen LogP) is 1.86. The van der Waals surface area contributed by atoms with Crippen molar-refractivity contribution >= 4 is 0 Å². The summed E-state index contributed by atoms with van der Waals surface area (Å²) in [5, 5.41) is 17.3. The lowest BCUT2D eigenvalue weighted by molar-refractivity contribution is 0.0108. The number of aliphatic hydroxyl groups excluding tert-OH is 1. The molecule has 1 aliphatic carbocycles. The molecule has 1 aliphatic rings. The summed E-state index contributed by atoms with van der Waals surface area (Å²) in [5.41, 5.74) is 0. The lowest BCUT2D eigenvalue weighted by atomic mass is 9.88. The molecule has 1 saturated carbocycles. The third kappa shape index (κ3) is 4.08. The second-order valence-corrected chi connectivity index (χ2v) is 3.96. The number of aliphatic hydroxyl groups is 1. The van der Waals surface area contributed by atoms with Crippen molar-refractivity contribution in [2.24, 2.45) is 5.92 Å². The SMILES string of the molecule is N#CCCCOC1CCC(CO)CC1. The van der Waals surface area contributed by atoms with Crippen molar-refractivity contribution < 1.29 is 9.84 Å². The topological polar surface area (TPSA) is 53.2 Å². The van der Waals surface area contributed by atoms with Crippen molar-refractivity contribution in [1.82, 2.24) is 0 Å². The van der Waals surface area contributed by atoms with E-state index in [2.05, 4.69) is 6.07 Å². The lowest BCUT2D eigenvalue weighted by Gasteiger charge is -2.27. The van der Waals surface area contributed by atoms with Crippen molar-refractivity contribution in [1.29, 1.82) is 5.26 Å². The first-order valence-corrected chi connectivity index (χ1v) is 5.46. The maximum atomic E-state index is 8.95. The van der Waals surface area contributed by atoms with Crippen molar-refractivity contribution in [2.45, 2.75) is 44.6 Å². The van der Waals surface area contributed by atoms with E-state index in [9.17, 15) is 0 Å². The molecule has 1 rings (SSSR count). The van der Waals surface area contributed by atoms with Crippen LogP contribution in [0.15, 0.2) is 0 Å². The van der Waals surface area contributed by atoms with Gasteiger partial charge in [-0.05, 0) is 38.0 Å². The maximum Gasteiger partial charge on any atom is 0.0622 e. The van der Waals surface area contributed by atoms with Crippen LogP contribution < -0.4 is 0 Å². The Morgan fingerprint density at radius 2 is 2.00 bits per heavy atom. The molecule has 0 aromatic carbocycles. The van der Waals surface area contributed by atoms with Crippen LogP contribution in [0, 0.1) is 17.2 Å². The number of unbranched alkanes of at least 4 members (excludes halogenated alkanes) is 1. The summed E-state index contributed by atoms with van der Waals surface area (Å²) in [5.74, 6) is 0.494. The third-order valence-corrected chi connectivity index (χ3v) is 2.84. The van der Waals surface area contributed by atoms with Crippen LogP contribution in [-0.4, -0.2) is 24.4 Å². The molecule has 3 nitrogen and oxygen atoms in total. The average molecular weight is 197 g/mol. The van der Waals surface area contributed by atoms with Gasteiger partial charge in [0.2, 0.25) is 0 Å². The number of hydrogen-bond acceptors (Lipinski definition) is 3. The van der Waals surface area contributed by atoms with Gasteiger partial charge in [-0.2, -0.15) is 5.26 Å². The highest BCUT2D eigenvalue weighted by Gasteiger charge is 2.20. The van der Waals surface area contributed by atoms with Crippen molar-refractivity contribution in [3.05, 3.63) is 0 Å². The first-order valence-electron chi connectivity index (χ1n) is 5.46. The molecule has 0 unspecified atom stereocenters. The van der Waals surface area contributed by atoms with Crippen LogP contribution >= 0.6 is 0 Å². The molecule has 1 N–H and O–H groups in total. The van der Waals surface area contributed by atoms with E-state index in [1.165, 1.54) is 0 Å². The summed E-state index contributed by atoms with van der Waals surface area (Å²) in [4.78, 5) is 0. The smallest absolute Gasteiger partial charge is 0.0622 e. The summed E-state index contributed by atoms with van der Waals surface area (Å²) in [6.45, 7) is 1.03. The minimum atomic E-state index is 0.321. The van der Waals surface area contributed by atoms with Gasteiger partial charge in [0.25, 0.3) is 0 Å². The second kappa shape index (κ2) is 6.80. The van der Waals surface area contributed by atoms with Crippen LogP contribution in [0.5, 0.6) is 0 Å². The summed E-state index contributed by atoms with van der Waals surface area (Å²) in [6.07, 6.45) is 6.10. The molecule has 14 heavy (non-hydrogen) atoms. The van der Waals surface area contributed by atoms with E-state index in [4.69, 9.17) is 15.1 Å². The Hall–Kier alpha value is -0.590. The Morgan fingerprint density at radius 1 is 1.29 bits per heavy atom. The molecule has 0 aromatic heterocycles. The quantitative estimate of drug-likeness (QED) is 0.684. The Labute approximate surface area is 85.7 Å².